The van der Waals surface area contributed by atoms with Gasteiger partial charge in [-0.2, -0.15) is 0 Å². The highest BCUT2D eigenvalue weighted by molar-refractivity contribution is 9.10. The van der Waals surface area contributed by atoms with Crippen molar-refractivity contribution in [2.45, 2.75) is 77.8 Å². The van der Waals surface area contributed by atoms with E-state index in [2.05, 4.69) is 31.9 Å². The highest BCUT2D eigenvalue weighted by atomic mass is 79.9. The van der Waals surface area contributed by atoms with Gasteiger partial charge in [0.05, 0.1) is 31.3 Å². The van der Waals surface area contributed by atoms with Crippen LogP contribution in [0.25, 0.3) is 40.3 Å². The van der Waals surface area contributed by atoms with Gasteiger partial charge in [-0.1, -0.05) is 12.1 Å². The summed E-state index contributed by atoms with van der Waals surface area (Å²) < 4.78 is 83.3. The lowest BCUT2D eigenvalue weighted by molar-refractivity contribution is 0.00578. The molecule has 0 atom stereocenters. The molecule has 60 heavy (non-hydrogen) atoms. The van der Waals surface area contributed by atoms with E-state index in [1.165, 1.54) is 22.7 Å². The van der Waals surface area contributed by atoms with E-state index in [1.54, 1.807) is 65.1 Å². The summed E-state index contributed by atoms with van der Waals surface area (Å²) in [7, 11) is -1.29. The molecule has 2 aliphatic heterocycles. The number of hydrogen-bond acceptors (Lipinski definition) is 8. The quantitative estimate of drug-likeness (QED) is 0.128. The van der Waals surface area contributed by atoms with Crippen LogP contribution in [0.5, 0.6) is 0 Å². The van der Waals surface area contributed by atoms with Gasteiger partial charge in [-0.3, -0.25) is 0 Å². The van der Waals surface area contributed by atoms with E-state index in [1.807, 2.05) is 107 Å². The van der Waals surface area contributed by atoms with E-state index in [0.717, 1.165) is 29.6 Å². The van der Waals surface area contributed by atoms with Gasteiger partial charge in [0.2, 0.25) is 0 Å². The highest BCUT2D eigenvalue weighted by Gasteiger charge is 2.53. The van der Waals surface area contributed by atoms with Crippen molar-refractivity contribution in [3.05, 3.63) is 127 Å². The smallest absolute Gasteiger partial charge is 0.399 e. The standard InChI is InChI=1S/2C14H16BFO2S.2C8H4BrFS/c1-13(2)14(3,4)18-15(17-13)10-7-9-5-6-19-12(9)8-11(10)16;1-13(2)14(3,4)18-15(17-13)10-5-6-11-9(12(10)16)7-8-19-11;9-6-3-5-1-2-11-8(5)4-7(6)10;9-6-1-2-7-5(8(6)10)3-4-11-7/h2*5-8H,1-4H3;2*1-4H. The minimum absolute atomic E-state index is 0.163. The molecule has 0 radical (unpaired) electrons. The fourth-order valence-electron chi connectivity index (χ4n) is 6.27. The summed E-state index contributed by atoms with van der Waals surface area (Å²) in [6.07, 6.45) is 0. The van der Waals surface area contributed by atoms with Crippen LogP contribution in [0.4, 0.5) is 17.6 Å². The Labute approximate surface area is 380 Å². The zero-order chi connectivity index (χ0) is 43.4. The lowest BCUT2D eigenvalue weighted by Crippen LogP contribution is -2.41. The summed E-state index contributed by atoms with van der Waals surface area (Å²) in [5, 5.41) is 11.1. The molecule has 312 valence electrons. The third-order valence-electron chi connectivity index (χ3n) is 11.2. The maximum absolute atomic E-state index is 14.5. The predicted octanol–water partition coefficient (Wildman–Crippen LogP) is 14.3. The van der Waals surface area contributed by atoms with Crippen LogP contribution in [0.15, 0.2) is 103 Å². The van der Waals surface area contributed by atoms with Gasteiger partial charge >= 0.3 is 14.2 Å². The Morgan fingerprint density at radius 2 is 0.850 bits per heavy atom. The summed E-state index contributed by atoms with van der Waals surface area (Å²) in [5.74, 6) is -0.866. The SMILES string of the molecule is CC1(C)OB(c2cc3ccsc3cc2F)OC1(C)C.CC1(C)OB(c2ccc3sccc3c2F)OC1(C)C.Fc1c(Br)ccc2sccc12.Fc1cc2sccc2cc1Br. The third kappa shape index (κ3) is 9.20. The molecule has 10 rings (SSSR count). The Hall–Kier alpha value is -2.63. The minimum atomic E-state index is -0.644. The van der Waals surface area contributed by atoms with E-state index >= 15 is 0 Å². The monoisotopic (exact) mass is 1020 g/mol. The molecule has 0 spiro atoms. The second kappa shape index (κ2) is 17.5. The first-order valence-electron chi connectivity index (χ1n) is 18.8. The molecule has 2 fully saturated rings. The predicted molar refractivity (Wildman–Crippen MR) is 254 cm³/mol. The average Bonchev–Trinajstić information content (AvgIpc) is 4.03. The number of thiophene rings is 4. The zero-order valence-corrected chi connectivity index (χ0v) is 40.4. The first-order valence-corrected chi connectivity index (χ1v) is 24.0. The summed E-state index contributed by atoms with van der Waals surface area (Å²) >= 11 is 12.4. The largest absolute Gasteiger partial charge is 0.497 e. The van der Waals surface area contributed by atoms with Crippen LogP contribution in [-0.4, -0.2) is 36.6 Å². The Morgan fingerprint density at radius 1 is 0.433 bits per heavy atom. The molecule has 0 saturated carbocycles. The van der Waals surface area contributed by atoms with Crippen molar-refractivity contribution in [3.8, 4) is 0 Å². The molecule has 4 aromatic carbocycles. The fraction of sp³-hybridized carbons (Fsp3) is 0.273. The summed E-state index contributed by atoms with van der Waals surface area (Å²) in [4.78, 5) is 0. The van der Waals surface area contributed by atoms with Crippen LogP contribution in [0.3, 0.4) is 0 Å². The zero-order valence-electron chi connectivity index (χ0n) is 33.9. The van der Waals surface area contributed by atoms with Crippen molar-refractivity contribution in [1.82, 2.24) is 0 Å². The van der Waals surface area contributed by atoms with Crippen LogP contribution >= 0.6 is 77.2 Å². The van der Waals surface area contributed by atoms with E-state index in [4.69, 9.17) is 18.6 Å². The molecule has 4 aromatic heterocycles. The first-order chi connectivity index (χ1) is 28.2. The Bertz CT molecular complexity index is 2710. The first kappa shape index (κ1) is 45.4. The highest BCUT2D eigenvalue weighted by Crippen LogP contribution is 2.39. The molecule has 4 nitrogen and oxygen atoms in total. The maximum atomic E-state index is 14.5. The molecule has 16 heteroatoms. The molecule has 8 aromatic rings. The van der Waals surface area contributed by atoms with E-state index in [0.29, 0.717) is 30.6 Å². The number of fused-ring (bicyclic) bond motifs is 4. The van der Waals surface area contributed by atoms with E-state index in [-0.39, 0.29) is 23.3 Å². The van der Waals surface area contributed by atoms with Gasteiger partial charge in [0, 0.05) is 40.5 Å². The maximum Gasteiger partial charge on any atom is 0.497 e. The number of halogens is 6. The van der Waals surface area contributed by atoms with Gasteiger partial charge in [-0.25, -0.2) is 17.6 Å². The minimum Gasteiger partial charge on any atom is -0.399 e. The van der Waals surface area contributed by atoms with E-state index in [9.17, 15) is 17.6 Å². The molecule has 0 amide bonds. The van der Waals surface area contributed by atoms with Crippen LogP contribution in [0.2, 0.25) is 0 Å². The number of rotatable bonds is 2. The lowest BCUT2D eigenvalue weighted by Gasteiger charge is -2.32. The van der Waals surface area contributed by atoms with Crippen molar-refractivity contribution in [3.63, 3.8) is 0 Å². The third-order valence-corrected chi connectivity index (χ3v) is 15.9. The average molecular weight is 1020 g/mol. The van der Waals surface area contributed by atoms with Crippen molar-refractivity contribution in [2.24, 2.45) is 0 Å². The Balaban J connectivity index is 0.000000125. The molecule has 2 saturated heterocycles. The molecule has 0 unspecified atom stereocenters. The van der Waals surface area contributed by atoms with Crippen molar-refractivity contribution in [2.75, 3.05) is 0 Å². The topological polar surface area (TPSA) is 36.9 Å². The van der Waals surface area contributed by atoms with Gasteiger partial charge in [-0.05, 0) is 180 Å². The van der Waals surface area contributed by atoms with Crippen LogP contribution in [0, 0.1) is 23.3 Å². The Morgan fingerprint density at radius 3 is 1.38 bits per heavy atom. The molecule has 0 aliphatic carbocycles. The number of hydrogen-bond donors (Lipinski definition) is 0. The van der Waals surface area contributed by atoms with Gasteiger partial charge < -0.3 is 18.6 Å². The van der Waals surface area contributed by atoms with Gasteiger partial charge in [0.15, 0.2) is 0 Å². The summed E-state index contributed by atoms with van der Waals surface area (Å²) in [6, 6.07) is 21.6. The van der Waals surface area contributed by atoms with Gasteiger partial charge in [0.1, 0.15) is 23.3 Å². The fourth-order valence-corrected chi connectivity index (χ4v) is 10.1. The summed E-state index contributed by atoms with van der Waals surface area (Å²) in [6.45, 7) is 15.7. The van der Waals surface area contributed by atoms with E-state index < -0.39 is 36.6 Å². The Kier molecular flexibility index (Phi) is 13.2. The van der Waals surface area contributed by atoms with Crippen LogP contribution in [0.1, 0.15) is 55.4 Å². The van der Waals surface area contributed by atoms with Crippen LogP contribution in [-0.2, 0) is 18.6 Å². The molecular weight excluding hydrogens is 978 g/mol. The van der Waals surface area contributed by atoms with Crippen molar-refractivity contribution >= 4 is 143 Å². The van der Waals surface area contributed by atoms with Gasteiger partial charge in [-0.15, -0.1) is 45.3 Å². The van der Waals surface area contributed by atoms with Crippen LogP contribution < -0.4 is 10.9 Å². The van der Waals surface area contributed by atoms with Crippen molar-refractivity contribution < 1.29 is 36.2 Å². The normalized spacial score (nSPS) is 17.4. The molecular formula is C44H40B2Br2F4O4S4. The molecule has 2 aliphatic rings. The summed E-state index contributed by atoms with van der Waals surface area (Å²) in [5.41, 5.74) is -0.850. The second-order valence-corrected chi connectivity index (χ2v) is 21.7. The van der Waals surface area contributed by atoms with Crippen molar-refractivity contribution in [1.29, 1.82) is 0 Å². The second-order valence-electron chi connectivity index (χ2n) is 16.2. The lowest BCUT2D eigenvalue weighted by atomic mass is 9.78. The number of benzene rings is 4. The van der Waals surface area contributed by atoms with Gasteiger partial charge in [0.25, 0.3) is 0 Å². The molecule has 6 heterocycles. The molecule has 0 bridgehead atoms. The molecule has 0 N–H and O–H groups in total.